The topological polar surface area (TPSA) is 12.5 Å². The highest BCUT2D eigenvalue weighted by atomic mass is 19.3. The Balaban J connectivity index is 2.12. The molecule has 1 nitrogen and oxygen atoms in total. The van der Waals surface area contributed by atoms with Crippen LogP contribution in [0.1, 0.15) is 19.8 Å². The van der Waals surface area contributed by atoms with Crippen LogP contribution in [0.15, 0.2) is 0 Å². The van der Waals surface area contributed by atoms with Crippen molar-refractivity contribution in [1.82, 2.24) is 0 Å². The van der Waals surface area contributed by atoms with Crippen LogP contribution in [-0.2, 0) is 4.74 Å². The third-order valence-electron chi connectivity index (χ3n) is 2.39. The van der Waals surface area contributed by atoms with E-state index >= 15 is 0 Å². The maximum absolute atomic E-state index is 12.0. The minimum atomic E-state index is -2.31. The van der Waals surface area contributed by atoms with Crippen LogP contribution in [0.25, 0.3) is 0 Å². The summed E-state index contributed by atoms with van der Waals surface area (Å²) in [4.78, 5) is 0. The number of halogens is 2. The van der Waals surface area contributed by atoms with Gasteiger partial charge < -0.3 is 4.74 Å². The van der Waals surface area contributed by atoms with Gasteiger partial charge in [0.25, 0.3) is 6.43 Å². The molecule has 1 saturated heterocycles. The van der Waals surface area contributed by atoms with Gasteiger partial charge in [-0.15, -0.1) is 0 Å². The maximum atomic E-state index is 12.0. The Morgan fingerprint density at radius 2 is 2.00 bits per heavy atom. The van der Waals surface area contributed by atoms with Crippen molar-refractivity contribution < 1.29 is 13.5 Å². The molecule has 2 fully saturated rings. The molecule has 1 aliphatic carbocycles. The monoisotopic (exact) mass is 134 g/mol. The third-order valence-corrected chi connectivity index (χ3v) is 2.39. The Labute approximate surface area is 52.0 Å². The average molecular weight is 134 g/mol. The van der Waals surface area contributed by atoms with E-state index in [9.17, 15) is 8.78 Å². The average Bonchev–Trinajstić information content (AvgIpc) is 2.56. The van der Waals surface area contributed by atoms with Crippen LogP contribution >= 0.6 is 0 Å². The van der Waals surface area contributed by atoms with Gasteiger partial charge in [-0.2, -0.15) is 0 Å². The highest BCUT2D eigenvalue weighted by molar-refractivity contribution is 5.23. The van der Waals surface area contributed by atoms with Crippen LogP contribution in [0.2, 0.25) is 0 Å². The molecule has 0 aromatic rings. The lowest BCUT2D eigenvalue weighted by Gasteiger charge is -2.00. The van der Waals surface area contributed by atoms with E-state index in [1.165, 1.54) is 6.92 Å². The van der Waals surface area contributed by atoms with Crippen LogP contribution < -0.4 is 0 Å². The normalized spacial score (nSPS) is 44.0. The zero-order valence-electron chi connectivity index (χ0n) is 5.16. The van der Waals surface area contributed by atoms with E-state index in [1.54, 1.807) is 0 Å². The van der Waals surface area contributed by atoms with Crippen molar-refractivity contribution in [2.24, 2.45) is 0 Å². The van der Waals surface area contributed by atoms with Gasteiger partial charge >= 0.3 is 0 Å². The molecule has 3 heteroatoms. The van der Waals surface area contributed by atoms with E-state index in [1.807, 2.05) is 0 Å². The summed E-state index contributed by atoms with van der Waals surface area (Å²) in [6.45, 7) is 1.49. The number of rotatable bonds is 1. The Bertz CT molecular complexity index is 153. The molecule has 1 spiro atoms. The van der Waals surface area contributed by atoms with Crippen molar-refractivity contribution >= 4 is 0 Å². The second kappa shape index (κ2) is 1.15. The lowest BCUT2D eigenvalue weighted by molar-refractivity contribution is 0.0571. The molecule has 1 aliphatic heterocycles. The number of ether oxygens (including phenoxy) is 1. The summed E-state index contributed by atoms with van der Waals surface area (Å²) >= 11 is 0. The molecule has 1 unspecified atom stereocenters. The summed E-state index contributed by atoms with van der Waals surface area (Å²) in [5.41, 5.74) is -1.45. The maximum Gasteiger partial charge on any atom is 0.269 e. The summed E-state index contributed by atoms with van der Waals surface area (Å²) in [6.07, 6.45) is -0.651. The minimum absolute atomic E-state index is 0.374. The smallest absolute Gasteiger partial charge is 0.269 e. The molecule has 0 radical (unpaired) electrons. The van der Waals surface area contributed by atoms with Gasteiger partial charge in [-0.05, 0) is 19.8 Å². The van der Waals surface area contributed by atoms with Gasteiger partial charge in [0.15, 0.2) is 5.60 Å². The third kappa shape index (κ3) is 0.467. The number of hydrogen-bond acceptors (Lipinski definition) is 1. The second-order valence-corrected chi connectivity index (χ2v) is 3.00. The van der Waals surface area contributed by atoms with E-state index < -0.39 is 12.0 Å². The van der Waals surface area contributed by atoms with Crippen LogP contribution in [0.5, 0.6) is 0 Å². The van der Waals surface area contributed by atoms with Gasteiger partial charge in [0.1, 0.15) is 5.60 Å². The molecule has 1 saturated carbocycles. The highest BCUT2D eigenvalue weighted by Gasteiger charge is 2.78. The second-order valence-electron chi connectivity index (χ2n) is 3.00. The van der Waals surface area contributed by atoms with E-state index in [-0.39, 0.29) is 5.60 Å². The molecule has 9 heavy (non-hydrogen) atoms. The van der Waals surface area contributed by atoms with Crippen molar-refractivity contribution in [3.05, 3.63) is 0 Å². The fraction of sp³-hybridized carbons (Fsp3) is 1.00. The Kier molecular flexibility index (Phi) is 0.712. The fourth-order valence-corrected chi connectivity index (χ4v) is 1.34. The SMILES string of the molecule is CC1(C(F)F)OC12CC2. The number of hydrogen-bond donors (Lipinski definition) is 0. The van der Waals surface area contributed by atoms with Crippen LogP contribution in [-0.4, -0.2) is 17.6 Å². The summed E-state index contributed by atoms with van der Waals surface area (Å²) < 4.78 is 28.9. The molecule has 2 aliphatic rings. The first-order valence-corrected chi connectivity index (χ1v) is 3.09. The lowest BCUT2D eigenvalue weighted by Crippen LogP contribution is -2.21. The Hall–Kier alpha value is -0.180. The van der Waals surface area contributed by atoms with Gasteiger partial charge in [-0.1, -0.05) is 0 Å². The fourth-order valence-electron chi connectivity index (χ4n) is 1.34. The largest absolute Gasteiger partial charge is 0.357 e. The molecular weight excluding hydrogens is 126 g/mol. The standard InChI is InChI=1S/C6H8F2O/c1-5(4(7)8)6(9-5)2-3-6/h4H,2-3H2,1H3. The van der Waals surface area contributed by atoms with Crippen LogP contribution in [0, 0.1) is 0 Å². The predicted octanol–water partition coefficient (Wildman–Crippen LogP) is 1.57. The summed E-state index contributed by atoms with van der Waals surface area (Å²) in [5.74, 6) is 0. The van der Waals surface area contributed by atoms with E-state index in [2.05, 4.69) is 0 Å². The van der Waals surface area contributed by atoms with Crippen molar-refractivity contribution in [3.8, 4) is 0 Å². The molecule has 1 heterocycles. The van der Waals surface area contributed by atoms with Gasteiger partial charge in [-0.3, -0.25) is 0 Å². The molecule has 0 aromatic heterocycles. The molecular formula is C6H8F2O. The van der Waals surface area contributed by atoms with E-state index in [4.69, 9.17) is 4.74 Å². The van der Waals surface area contributed by atoms with Crippen molar-refractivity contribution in [3.63, 3.8) is 0 Å². The lowest BCUT2D eigenvalue weighted by atomic mass is 10.1. The molecule has 1 atom stereocenters. The van der Waals surface area contributed by atoms with Gasteiger partial charge in [-0.25, -0.2) is 8.78 Å². The summed E-state index contributed by atoms with van der Waals surface area (Å²) in [6, 6.07) is 0. The van der Waals surface area contributed by atoms with Crippen molar-refractivity contribution in [2.75, 3.05) is 0 Å². The highest BCUT2D eigenvalue weighted by Crippen LogP contribution is 2.66. The van der Waals surface area contributed by atoms with Crippen LogP contribution in [0.4, 0.5) is 8.78 Å². The van der Waals surface area contributed by atoms with Gasteiger partial charge in [0.2, 0.25) is 0 Å². The zero-order chi connectivity index (χ0) is 6.70. The van der Waals surface area contributed by atoms with E-state index in [0.717, 1.165) is 12.8 Å². The summed E-state index contributed by atoms with van der Waals surface area (Å²) in [7, 11) is 0. The first kappa shape index (κ1) is 5.59. The molecule has 2 rings (SSSR count). The van der Waals surface area contributed by atoms with Gasteiger partial charge in [0.05, 0.1) is 0 Å². The van der Waals surface area contributed by atoms with E-state index in [0.29, 0.717) is 0 Å². The first-order chi connectivity index (χ1) is 4.11. The molecule has 0 N–H and O–H groups in total. The van der Waals surface area contributed by atoms with Gasteiger partial charge in [0, 0.05) is 0 Å². The molecule has 52 valence electrons. The summed E-state index contributed by atoms with van der Waals surface area (Å²) in [5, 5.41) is 0. The minimum Gasteiger partial charge on any atom is -0.357 e. The first-order valence-electron chi connectivity index (χ1n) is 3.09. The van der Waals surface area contributed by atoms with Crippen molar-refractivity contribution in [1.29, 1.82) is 0 Å². The zero-order valence-corrected chi connectivity index (χ0v) is 5.16. The van der Waals surface area contributed by atoms with Crippen LogP contribution in [0.3, 0.4) is 0 Å². The molecule has 0 aromatic carbocycles. The number of epoxide rings is 1. The quantitative estimate of drug-likeness (QED) is 0.496. The molecule has 0 amide bonds. The van der Waals surface area contributed by atoms with Crippen molar-refractivity contribution in [2.45, 2.75) is 37.4 Å². The molecule has 0 bridgehead atoms. The number of alkyl halides is 2. The Morgan fingerprint density at radius 1 is 1.44 bits per heavy atom. The predicted molar refractivity (Wildman–Crippen MR) is 27.5 cm³/mol. The Morgan fingerprint density at radius 3 is 2.11 bits per heavy atom.